The normalized spacial score (nSPS) is 9.91. The van der Waals surface area contributed by atoms with E-state index in [0.29, 0.717) is 12.8 Å². The van der Waals surface area contributed by atoms with Crippen LogP contribution in [-0.4, -0.2) is 16.0 Å². The molecule has 0 radical (unpaired) electrons. The average molecular weight is 152 g/mol. The quantitative estimate of drug-likeness (QED) is 0.707. The minimum Gasteiger partial charge on any atom is -0.299 e. The Bertz CT molecular complexity index is 216. The van der Waals surface area contributed by atoms with E-state index in [1.54, 1.807) is 6.20 Å². The minimum atomic E-state index is 0.275. The Hall–Kier alpha value is -1.12. The van der Waals surface area contributed by atoms with Crippen molar-refractivity contribution in [3.05, 3.63) is 18.0 Å². The van der Waals surface area contributed by atoms with Crippen LogP contribution in [0.15, 0.2) is 12.3 Å². The topological polar surface area (TPSA) is 45.8 Å². The molecule has 3 heteroatoms. The summed E-state index contributed by atoms with van der Waals surface area (Å²) in [5.74, 6) is 0.275. The zero-order valence-electron chi connectivity index (χ0n) is 6.63. The van der Waals surface area contributed by atoms with Crippen LogP contribution in [0.2, 0.25) is 0 Å². The summed E-state index contributed by atoms with van der Waals surface area (Å²) < 4.78 is 0. The van der Waals surface area contributed by atoms with Crippen LogP contribution >= 0.6 is 0 Å². The fraction of sp³-hybridized carbons (Fsp3) is 0.500. The Kier molecular flexibility index (Phi) is 2.83. The first kappa shape index (κ1) is 7.98. The predicted molar refractivity (Wildman–Crippen MR) is 42.2 cm³/mol. The van der Waals surface area contributed by atoms with E-state index in [2.05, 4.69) is 10.2 Å². The van der Waals surface area contributed by atoms with Crippen molar-refractivity contribution in [3.63, 3.8) is 0 Å². The standard InChI is InChI=1S/C8H12N2O/c1-2-3-8(11)6-7-4-5-9-10-7/h4-5H,2-3,6H2,1H3,(H,9,10). The number of carbonyl (C=O) groups is 1. The van der Waals surface area contributed by atoms with Gasteiger partial charge in [0.05, 0.1) is 0 Å². The van der Waals surface area contributed by atoms with Crippen LogP contribution in [0.1, 0.15) is 25.5 Å². The Morgan fingerprint density at radius 2 is 2.55 bits per heavy atom. The predicted octanol–water partition coefficient (Wildman–Crippen LogP) is 1.32. The van der Waals surface area contributed by atoms with Crippen molar-refractivity contribution in [1.82, 2.24) is 10.2 Å². The van der Waals surface area contributed by atoms with E-state index in [9.17, 15) is 4.79 Å². The maximum Gasteiger partial charge on any atom is 0.138 e. The maximum atomic E-state index is 11.1. The molecule has 0 aliphatic carbocycles. The van der Waals surface area contributed by atoms with Gasteiger partial charge in [0.1, 0.15) is 5.78 Å². The third-order valence-electron chi connectivity index (χ3n) is 1.47. The molecule has 0 saturated carbocycles. The van der Waals surface area contributed by atoms with Crippen LogP contribution in [-0.2, 0) is 11.2 Å². The molecular formula is C8H12N2O. The lowest BCUT2D eigenvalue weighted by Crippen LogP contribution is -2.01. The second-order valence-electron chi connectivity index (χ2n) is 2.55. The molecule has 0 aliphatic rings. The molecule has 0 aliphatic heterocycles. The molecule has 0 bridgehead atoms. The fourth-order valence-electron chi connectivity index (χ4n) is 0.963. The number of nitrogens with zero attached hydrogens (tertiary/aromatic N) is 1. The van der Waals surface area contributed by atoms with Crippen molar-refractivity contribution in [1.29, 1.82) is 0 Å². The highest BCUT2D eigenvalue weighted by Crippen LogP contribution is 1.98. The van der Waals surface area contributed by atoms with Gasteiger partial charge in [-0.2, -0.15) is 5.10 Å². The van der Waals surface area contributed by atoms with Crippen molar-refractivity contribution in [2.75, 3.05) is 0 Å². The van der Waals surface area contributed by atoms with E-state index in [1.807, 2.05) is 13.0 Å². The van der Waals surface area contributed by atoms with Gasteiger partial charge in [-0.3, -0.25) is 9.89 Å². The maximum absolute atomic E-state index is 11.1. The van der Waals surface area contributed by atoms with E-state index < -0.39 is 0 Å². The summed E-state index contributed by atoms with van der Waals surface area (Å²) in [5.41, 5.74) is 0.906. The molecular weight excluding hydrogens is 140 g/mol. The van der Waals surface area contributed by atoms with Crippen molar-refractivity contribution >= 4 is 5.78 Å². The van der Waals surface area contributed by atoms with Gasteiger partial charge in [-0.15, -0.1) is 0 Å². The molecule has 0 spiro atoms. The number of H-pyrrole nitrogens is 1. The highest BCUT2D eigenvalue weighted by Gasteiger charge is 2.01. The molecule has 11 heavy (non-hydrogen) atoms. The first-order valence-corrected chi connectivity index (χ1v) is 3.83. The van der Waals surface area contributed by atoms with Gasteiger partial charge in [0.25, 0.3) is 0 Å². The molecule has 1 rings (SSSR count). The third-order valence-corrected chi connectivity index (χ3v) is 1.47. The number of hydrogen-bond acceptors (Lipinski definition) is 2. The van der Waals surface area contributed by atoms with Gasteiger partial charge >= 0.3 is 0 Å². The van der Waals surface area contributed by atoms with Crippen molar-refractivity contribution in [2.45, 2.75) is 26.2 Å². The number of aromatic amines is 1. The zero-order chi connectivity index (χ0) is 8.10. The molecule has 60 valence electrons. The van der Waals surface area contributed by atoms with Gasteiger partial charge in [0.15, 0.2) is 0 Å². The van der Waals surface area contributed by atoms with Crippen LogP contribution in [0.25, 0.3) is 0 Å². The van der Waals surface area contributed by atoms with Gasteiger partial charge in [-0.25, -0.2) is 0 Å². The number of nitrogens with one attached hydrogen (secondary N) is 1. The molecule has 0 aromatic carbocycles. The number of aromatic nitrogens is 2. The summed E-state index contributed by atoms with van der Waals surface area (Å²) in [6, 6.07) is 1.83. The minimum absolute atomic E-state index is 0.275. The summed E-state index contributed by atoms with van der Waals surface area (Å²) >= 11 is 0. The van der Waals surface area contributed by atoms with Gasteiger partial charge < -0.3 is 0 Å². The first-order valence-electron chi connectivity index (χ1n) is 3.83. The van der Waals surface area contributed by atoms with Crippen LogP contribution < -0.4 is 0 Å². The lowest BCUT2D eigenvalue weighted by molar-refractivity contribution is -0.118. The smallest absolute Gasteiger partial charge is 0.138 e. The third kappa shape index (κ3) is 2.53. The number of carbonyl (C=O) groups excluding carboxylic acids is 1. The van der Waals surface area contributed by atoms with Crippen LogP contribution in [0, 0.1) is 0 Å². The number of Topliss-reactive ketones (excluding diaryl/α,β-unsaturated/α-hetero) is 1. The van der Waals surface area contributed by atoms with E-state index in [1.165, 1.54) is 0 Å². The Labute approximate surface area is 65.8 Å². The monoisotopic (exact) mass is 152 g/mol. The van der Waals surface area contributed by atoms with Gasteiger partial charge in [0, 0.05) is 24.7 Å². The van der Waals surface area contributed by atoms with Gasteiger partial charge in [-0.1, -0.05) is 6.92 Å². The molecule has 1 aromatic rings. The van der Waals surface area contributed by atoms with Crippen molar-refractivity contribution < 1.29 is 4.79 Å². The second-order valence-corrected chi connectivity index (χ2v) is 2.55. The number of rotatable bonds is 4. The SMILES string of the molecule is CCCC(=O)Cc1ccn[nH]1. The molecule has 1 N–H and O–H groups in total. The zero-order valence-corrected chi connectivity index (χ0v) is 6.63. The second kappa shape index (κ2) is 3.91. The Morgan fingerprint density at radius 1 is 1.73 bits per heavy atom. The summed E-state index contributed by atoms with van der Waals surface area (Å²) in [7, 11) is 0. The largest absolute Gasteiger partial charge is 0.299 e. The van der Waals surface area contributed by atoms with Crippen LogP contribution in [0.5, 0.6) is 0 Å². The highest BCUT2D eigenvalue weighted by molar-refractivity contribution is 5.80. The molecule has 3 nitrogen and oxygen atoms in total. The van der Waals surface area contributed by atoms with E-state index in [4.69, 9.17) is 0 Å². The molecule has 0 unspecified atom stereocenters. The average Bonchev–Trinajstić information content (AvgIpc) is 2.40. The highest BCUT2D eigenvalue weighted by atomic mass is 16.1. The fourth-order valence-corrected chi connectivity index (χ4v) is 0.963. The summed E-state index contributed by atoms with van der Waals surface area (Å²) in [4.78, 5) is 11.1. The van der Waals surface area contributed by atoms with E-state index in [0.717, 1.165) is 12.1 Å². The Morgan fingerprint density at radius 3 is 3.09 bits per heavy atom. The van der Waals surface area contributed by atoms with E-state index in [-0.39, 0.29) is 5.78 Å². The van der Waals surface area contributed by atoms with Crippen molar-refractivity contribution in [3.8, 4) is 0 Å². The Balaban J connectivity index is 2.37. The van der Waals surface area contributed by atoms with Crippen LogP contribution in [0.3, 0.4) is 0 Å². The lowest BCUT2D eigenvalue weighted by atomic mass is 10.1. The summed E-state index contributed by atoms with van der Waals surface area (Å²) in [5, 5.41) is 6.51. The van der Waals surface area contributed by atoms with Gasteiger partial charge in [-0.05, 0) is 12.5 Å². The lowest BCUT2D eigenvalue weighted by Gasteiger charge is -1.93. The molecule has 0 amide bonds. The van der Waals surface area contributed by atoms with Crippen molar-refractivity contribution in [2.24, 2.45) is 0 Å². The summed E-state index contributed by atoms with van der Waals surface area (Å²) in [6.45, 7) is 2.00. The number of ketones is 1. The summed E-state index contributed by atoms with van der Waals surface area (Å²) in [6.07, 6.45) is 3.74. The van der Waals surface area contributed by atoms with Crippen LogP contribution in [0.4, 0.5) is 0 Å². The molecule has 0 fully saturated rings. The van der Waals surface area contributed by atoms with Gasteiger partial charge in [0.2, 0.25) is 0 Å². The molecule has 0 atom stereocenters. The molecule has 1 aromatic heterocycles. The molecule has 0 saturated heterocycles. The van der Waals surface area contributed by atoms with E-state index >= 15 is 0 Å². The number of hydrogen-bond donors (Lipinski definition) is 1. The first-order chi connectivity index (χ1) is 5.33. The molecule has 1 heterocycles.